The predicted octanol–water partition coefficient (Wildman–Crippen LogP) is 2.69. The molecule has 19 heavy (non-hydrogen) atoms. The molecule has 5 heteroatoms. The highest BCUT2D eigenvalue weighted by atomic mass is 19.1. The number of hydrogen-bond acceptors (Lipinski definition) is 4. The third kappa shape index (κ3) is 4.11. The Labute approximate surface area is 111 Å². The van der Waals surface area contributed by atoms with Gasteiger partial charge in [-0.3, -0.25) is 0 Å². The van der Waals surface area contributed by atoms with Crippen molar-refractivity contribution in [3.05, 3.63) is 35.2 Å². The zero-order chi connectivity index (χ0) is 14.3. The molecule has 0 bridgehead atoms. The number of ether oxygens (including phenoxy) is 2. The average Bonchev–Trinajstić information content (AvgIpc) is 2.43. The maximum Gasteiger partial charge on any atom is 0.348 e. The number of nitrogens with zero attached hydrogens (tertiary/aromatic N) is 1. The molecule has 0 radical (unpaired) electrons. The molecule has 4 nitrogen and oxygen atoms in total. The minimum Gasteiger partial charge on any atom is -0.497 e. The number of nitriles is 1. The van der Waals surface area contributed by atoms with Crippen LogP contribution in [0.15, 0.2) is 23.8 Å². The Hall–Kier alpha value is -2.35. The van der Waals surface area contributed by atoms with Crippen molar-refractivity contribution in [3.63, 3.8) is 0 Å². The lowest BCUT2D eigenvalue weighted by molar-refractivity contribution is -0.138. The van der Waals surface area contributed by atoms with Crippen LogP contribution in [0.5, 0.6) is 5.75 Å². The quantitative estimate of drug-likeness (QED) is 0.465. The van der Waals surface area contributed by atoms with Gasteiger partial charge in [-0.1, -0.05) is 6.92 Å². The zero-order valence-corrected chi connectivity index (χ0v) is 10.8. The van der Waals surface area contributed by atoms with E-state index in [1.165, 1.54) is 19.2 Å². The van der Waals surface area contributed by atoms with E-state index in [4.69, 9.17) is 14.7 Å². The van der Waals surface area contributed by atoms with Gasteiger partial charge in [-0.05, 0) is 24.6 Å². The SMILES string of the molecule is CCCOC(=O)/C(C#N)=C/c1ccc(OC)cc1F. The Morgan fingerprint density at radius 3 is 2.79 bits per heavy atom. The van der Waals surface area contributed by atoms with Crippen LogP contribution in [0.2, 0.25) is 0 Å². The van der Waals surface area contributed by atoms with E-state index in [0.717, 1.165) is 6.08 Å². The third-order valence-electron chi connectivity index (χ3n) is 2.29. The summed E-state index contributed by atoms with van der Waals surface area (Å²) >= 11 is 0. The summed E-state index contributed by atoms with van der Waals surface area (Å²) in [4.78, 5) is 11.5. The van der Waals surface area contributed by atoms with E-state index in [1.54, 1.807) is 12.1 Å². The molecule has 100 valence electrons. The minimum absolute atomic E-state index is 0.130. The molecule has 0 atom stereocenters. The van der Waals surface area contributed by atoms with Crippen molar-refractivity contribution in [2.75, 3.05) is 13.7 Å². The maximum absolute atomic E-state index is 13.7. The Kier molecular flexibility index (Phi) is 5.55. The van der Waals surface area contributed by atoms with Crippen molar-refractivity contribution < 1.29 is 18.7 Å². The molecule has 0 fully saturated rings. The van der Waals surface area contributed by atoms with Gasteiger partial charge in [0.15, 0.2) is 0 Å². The van der Waals surface area contributed by atoms with Crippen LogP contribution in [-0.2, 0) is 9.53 Å². The van der Waals surface area contributed by atoms with Crippen LogP contribution in [0.3, 0.4) is 0 Å². The van der Waals surface area contributed by atoms with Crippen LogP contribution in [0.4, 0.5) is 4.39 Å². The predicted molar refractivity (Wildman–Crippen MR) is 67.8 cm³/mol. The molecule has 0 amide bonds. The molecule has 0 aliphatic carbocycles. The number of hydrogen-bond donors (Lipinski definition) is 0. The van der Waals surface area contributed by atoms with Crippen LogP contribution in [0.25, 0.3) is 6.08 Å². The fourth-order valence-corrected chi connectivity index (χ4v) is 1.32. The van der Waals surface area contributed by atoms with Gasteiger partial charge in [-0.15, -0.1) is 0 Å². The number of carbonyl (C=O) groups is 1. The highest BCUT2D eigenvalue weighted by Crippen LogP contribution is 2.18. The number of rotatable bonds is 5. The summed E-state index contributed by atoms with van der Waals surface area (Å²) in [7, 11) is 1.42. The van der Waals surface area contributed by atoms with Crippen LogP contribution < -0.4 is 4.74 Å². The summed E-state index contributed by atoms with van der Waals surface area (Å²) < 4.78 is 23.4. The summed E-state index contributed by atoms with van der Waals surface area (Å²) in [6, 6.07) is 5.85. The number of esters is 1. The molecule has 0 saturated carbocycles. The van der Waals surface area contributed by atoms with Crippen LogP contribution in [0.1, 0.15) is 18.9 Å². The summed E-state index contributed by atoms with van der Waals surface area (Å²) in [6.45, 7) is 2.06. The molecule has 1 aromatic rings. The second-order valence-corrected chi connectivity index (χ2v) is 3.69. The second kappa shape index (κ2) is 7.17. The number of carbonyl (C=O) groups excluding carboxylic acids is 1. The Morgan fingerprint density at radius 1 is 1.53 bits per heavy atom. The summed E-state index contributed by atoms with van der Waals surface area (Å²) in [6.07, 6.45) is 1.81. The highest BCUT2D eigenvalue weighted by molar-refractivity contribution is 5.97. The van der Waals surface area contributed by atoms with E-state index in [9.17, 15) is 9.18 Å². The van der Waals surface area contributed by atoms with Crippen LogP contribution in [0, 0.1) is 17.1 Å². The summed E-state index contributed by atoms with van der Waals surface area (Å²) in [5.74, 6) is -0.961. The fraction of sp³-hybridized carbons (Fsp3) is 0.286. The van der Waals surface area contributed by atoms with Crippen LogP contribution >= 0.6 is 0 Å². The van der Waals surface area contributed by atoms with E-state index in [2.05, 4.69) is 0 Å². The monoisotopic (exact) mass is 263 g/mol. The molecule has 0 spiro atoms. The van der Waals surface area contributed by atoms with Gasteiger partial charge in [0, 0.05) is 11.6 Å². The third-order valence-corrected chi connectivity index (χ3v) is 2.29. The molecule has 0 heterocycles. The zero-order valence-electron chi connectivity index (χ0n) is 10.8. The first-order chi connectivity index (χ1) is 9.12. The first kappa shape index (κ1) is 14.7. The molecular weight excluding hydrogens is 249 g/mol. The lowest BCUT2D eigenvalue weighted by Gasteiger charge is -2.03. The molecule has 0 aliphatic heterocycles. The van der Waals surface area contributed by atoms with Crippen molar-refractivity contribution in [1.82, 2.24) is 0 Å². The van der Waals surface area contributed by atoms with Crippen molar-refractivity contribution in [2.24, 2.45) is 0 Å². The van der Waals surface area contributed by atoms with E-state index in [-0.39, 0.29) is 17.7 Å². The number of benzene rings is 1. The van der Waals surface area contributed by atoms with Crippen molar-refractivity contribution >= 4 is 12.0 Å². The second-order valence-electron chi connectivity index (χ2n) is 3.69. The normalized spacial score (nSPS) is 10.7. The Balaban J connectivity index is 2.98. The van der Waals surface area contributed by atoms with Gasteiger partial charge in [0.1, 0.15) is 23.2 Å². The lowest BCUT2D eigenvalue weighted by Crippen LogP contribution is -2.07. The standard InChI is InChI=1S/C14H14FNO3/c1-3-6-19-14(17)11(9-16)7-10-4-5-12(18-2)8-13(10)15/h4-5,7-8H,3,6H2,1-2H3/b11-7+. The molecule has 0 aliphatic rings. The number of methoxy groups -OCH3 is 1. The summed E-state index contributed by atoms with van der Waals surface area (Å²) in [5.41, 5.74) is -0.108. The van der Waals surface area contributed by atoms with Gasteiger partial charge in [0.2, 0.25) is 0 Å². The molecule has 0 saturated heterocycles. The van der Waals surface area contributed by atoms with Crippen LogP contribution in [-0.4, -0.2) is 19.7 Å². The molecule has 0 unspecified atom stereocenters. The first-order valence-corrected chi connectivity index (χ1v) is 5.74. The first-order valence-electron chi connectivity index (χ1n) is 5.74. The van der Waals surface area contributed by atoms with E-state index >= 15 is 0 Å². The van der Waals surface area contributed by atoms with Crippen molar-refractivity contribution in [3.8, 4) is 11.8 Å². The molecule has 1 rings (SSSR count). The lowest BCUT2D eigenvalue weighted by atomic mass is 10.1. The highest BCUT2D eigenvalue weighted by Gasteiger charge is 2.12. The van der Waals surface area contributed by atoms with E-state index in [0.29, 0.717) is 12.2 Å². The van der Waals surface area contributed by atoms with Crippen molar-refractivity contribution in [1.29, 1.82) is 5.26 Å². The summed E-state index contributed by atoms with van der Waals surface area (Å²) in [5, 5.41) is 8.88. The molecule has 1 aromatic carbocycles. The molecular formula is C14H14FNO3. The molecule has 0 aromatic heterocycles. The topological polar surface area (TPSA) is 59.3 Å². The van der Waals surface area contributed by atoms with Gasteiger partial charge in [-0.2, -0.15) is 5.26 Å². The van der Waals surface area contributed by atoms with Gasteiger partial charge in [-0.25, -0.2) is 9.18 Å². The van der Waals surface area contributed by atoms with Gasteiger partial charge in [0.05, 0.1) is 13.7 Å². The van der Waals surface area contributed by atoms with Gasteiger partial charge in [0.25, 0.3) is 0 Å². The Morgan fingerprint density at radius 2 is 2.26 bits per heavy atom. The minimum atomic E-state index is -0.750. The van der Waals surface area contributed by atoms with Crippen molar-refractivity contribution in [2.45, 2.75) is 13.3 Å². The molecule has 0 N–H and O–H groups in total. The van der Waals surface area contributed by atoms with Gasteiger partial charge < -0.3 is 9.47 Å². The largest absolute Gasteiger partial charge is 0.497 e. The fourth-order valence-electron chi connectivity index (χ4n) is 1.32. The van der Waals surface area contributed by atoms with E-state index < -0.39 is 11.8 Å². The number of halogens is 1. The Bertz CT molecular complexity index is 532. The average molecular weight is 263 g/mol. The smallest absolute Gasteiger partial charge is 0.348 e. The van der Waals surface area contributed by atoms with Gasteiger partial charge >= 0.3 is 5.97 Å². The van der Waals surface area contributed by atoms with E-state index in [1.807, 2.05) is 6.92 Å². The maximum atomic E-state index is 13.7.